The maximum absolute atomic E-state index is 11.7. The number of carbonyl (C=O) groups is 2. The van der Waals surface area contributed by atoms with Gasteiger partial charge in [0.2, 0.25) is 0 Å². The number of nitrogens with one attached hydrogen (secondary N) is 2. The summed E-state index contributed by atoms with van der Waals surface area (Å²) in [6.07, 6.45) is 0.573. The predicted molar refractivity (Wildman–Crippen MR) is 78.7 cm³/mol. The lowest BCUT2D eigenvalue weighted by molar-refractivity contribution is -0.136. The van der Waals surface area contributed by atoms with Gasteiger partial charge in [-0.05, 0) is 37.5 Å². The number of benzene rings is 1. The van der Waals surface area contributed by atoms with E-state index < -0.39 is 17.9 Å². The first kappa shape index (κ1) is 16.5. The summed E-state index contributed by atoms with van der Waals surface area (Å²) >= 11 is 5.93. The molecule has 5 nitrogen and oxygen atoms in total. The van der Waals surface area contributed by atoms with Crippen LogP contribution in [0, 0.1) is 6.92 Å². The fourth-order valence-electron chi connectivity index (χ4n) is 1.56. The number of hydrogen-bond acceptors (Lipinski definition) is 3. The van der Waals surface area contributed by atoms with Crippen LogP contribution in [0.5, 0.6) is 0 Å². The molecule has 1 unspecified atom stereocenters. The normalized spacial score (nSPS) is 11.8. The van der Waals surface area contributed by atoms with Crippen molar-refractivity contribution in [2.24, 2.45) is 0 Å². The van der Waals surface area contributed by atoms with Crippen molar-refractivity contribution in [1.82, 2.24) is 5.32 Å². The molecule has 0 fully saturated rings. The number of aliphatic hydroxyl groups excluding tert-OH is 1. The van der Waals surface area contributed by atoms with Gasteiger partial charge in [0.1, 0.15) is 0 Å². The molecule has 20 heavy (non-hydrogen) atoms. The third kappa shape index (κ3) is 4.83. The Kier molecular flexibility index (Phi) is 6.48. The average Bonchev–Trinajstić information content (AvgIpc) is 2.43. The van der Waals surface area contributed by atoms with Crippen LogP contribution in [0.25, 0.3) is 0 Å². The number of aliphatic hydroxyl groups is 1. The van der Waals surface area contributed by atoms with Gasteiger partial charge in [-0.15, -0.1) is 0 Å². The van der Waals surface area contributed by atoms with E-state index in [4.69, 9.17) is 11.6 Å². The first-order valence-corrected chi connectivity index (χ1v) is 6.85. The lowest BCUT2D eigenvalue weighted by Gasteiger charge is -2.10. The van der Waals surface area contributed by atoms with Crippen LogP contribution >= 0.6 is 11.6 Å². The smallest absolute Gasteiger partial charge is 0.313 e. The molecule has 0 aliphatic heterocycles. The van der Waals surface area contributed by atoms with Crippen LogP contribution in [0.15, 0.2) is 18.2 Å². The number of hydrogen-bond donors (Lipinski definition) is 3. The van der Waals surface area contributed by atoms with Crippen molar-refractivity contribution in [3.8, 4) is 0 Å². The standard InChI is InChI=1S/C14H19ClN2O3/c1-3-10(18)7-8-16-13(19)14(20)17-12-6-4-5-11(15)9(12)2/h4-6,10,18H,3,7-8H2,1-2H3,(H,16,19)(H,17,20). The molecular weight excluding hydrogens is 280 g/mol. The summed E-state index contributed by atoms with van der Waals surface area (Å²) in [6, 6.07) is 5.08. The number of carbonyl (C=O) groups excluding carboxylic acids is 2. The largest absolute Gasteiger partial charge is 0.393 e. The zero-order chi connectivity index (χ0) is 15.1. The van der Waals surface area contributed by atoms with E-state index in [1.807, 2.05) is 6.92 Å². The van der Waals surface area contributed by atoms with Gasteiger partial charge in [-0.1, -0.05) is 24.6 Å². The van der Waals surface area contributed by atoms with Gasteiger partial charge in [-0.25, -0.2) is 0 Å². The Labute approximate surface area is 123 Å². The molecule has 1 atom stereocenters. The summed E-state index contributed by atoms with van der Waals surface area (Å²) in [5, 5.41) is 14.8. The Morgan fingerprint density at radius 2 is 2.05 bits per heavy atom. The molecular formula is C14H19ClN2O3. The Morgan fingerprint density at radius 3 is 2.70 bits per heavy atom. The zero-order valence-corrected chi connectivity index (χ0v) is 12.3. The second-order valence-corrected chi connectivity index (χ2v) is 4.88. The number of anilines is 1. The highest BCUT2D eigenvalue weighted by Crippen LogP contribution is 2.22. The number of halogens is 1. The van der Waals surface area contributed by atoms with Gasteiger partial charge >= 0.3 is 11.8 Å². The van der Waals surface area contributed by atoms with Crippen molar-refractivity contribution in [1.29, 1.82) is 0 Å². The molecule has 0 heterocycles. The molecule has 0 spiro atoms. The van der Waals surface area contributed by atoms with Crippen LogP contribution < -0.4 is 10.6 Å². The molecule has 0 bridgehead atoms. The molecule has 0 aliphatic carbocycles. The maximum Gasteiger partial charge on any atom is 0.313 e. The Hall–Kier alpha value is -1.59. The Morgan fingerprint density at radius 1 is 1.35 bits per heavy atom. The van der Waals surface area contributed by atoms with Gasteiger partial charge in [-0.3, -0.25) is 9.59 Å². The van der Waals surface area contributed by atoms with E-state index in [1.54, 1.807) is 25.1 Å². The lowest BCUT2D eigenvalue weighted by atomic mass is 10.2. The molecule has 2 amide bonds. The summed E-state index contributed by atoms with van der Waals surface area (Å²) in [5.41, 5.74) is 1.21. The van der Waals surface area contributed by atoms with E-state index in [0.717, 1.165) is 0 Å². The fourth-order valence-corrected chi connectivity index (χ4v) is 1.73. The molecule has 110 valence electrons. The highest BCUT2D eigenvalue weighted by Gasteiger charge is 2.15. The second-order valence-electron chi connectivity index (χ2n) is 4.47. The molecule has 0 saturated heterocycles. The third-order valence-electron chi connectivity index (χ3n) is 2.96. The minimum Gasteiger partial charge on any atom is -0.393 e. The van der Waals surface area contributed by atoms with E-state index in [2.05, 4.69) is 10.6 Å². The van der Waals surface area contributed by atoms with Crippen LogP contribution in [0.4, 0.5) is 5.69 Å². The van der Waals surface area contributed by atoms with Crippen LogP contribution in [0.1, 0.15) is 25.3 Å². The van der Waals surface area contributed by atoms with E-state index in [9.17, 15) is 14.7 Å². The van der Waals surface area contributed by atoms with E-state index >= 15 is 0 Å². The molecule has 0 radical (unpaired) electrons. The first-order valence-electron chi connectivity index (χ1n) is 6.48. The quantitative estimate of drug-likeness (QED) is 0.726. The zero-order valence-electron chi connectivity index (χ0n) is 11.6. The number of rotatable bonds is 5. The van der Waals surface area contributed by atoms with E-state index in [1.165, 1.54) is 0 Å². The van der Waals surface area contributed by atoms with Gasteiger partial charge in [0.25, 0.3) is 0 Å². The van der Waals surface area contributed by atoms with E-state index in [-0.39, 0.29) is 6.54 Å². The lowest BCUT2D eigenvalue weighted by Crippen LogP contribution is -2.36. The monoisotopic (exact) mass is 298 g/mol. The summed E-state index contributed by atoms with van der Waals surface area (Å²) in [6.45, 7) is 3.87. The first-order chi connectivity index (χ1) is 9.45. The Bertz CT molecular complexity index is 491. The van der Waals surface area contributed by atoms with Crippen LogP contribution in [-0.2, 0) is 9.59 Å². The van der Waals surface area contributed by atoms with Crippen molar-refractivity contribution in [2.75, 3.05) is 11.9 Å². The minimum atomic E-state index is -0.749. The third-order valence-corrected chi connectivity index (χ3v) is 3.37. The molecule has 1 aromatic rings. The van der Waals surface area contributed by atoms with Gasteiger partial charge < -0.3 is 15.7 Å². The van der Waals surface area contributed by atoms with Crippen molar-refractivity contribution >= 4 is 29.1 Å². The average molecular weight is 299 g/mol. The summed E-state index contributed by atoms with van der Waals surface area (Å²) in [5.74, 6) is -1.48. The van der Waals surface area contributed by atoms with Gasteiger partial charge in [-0.2, -0.15) is 0 Å². The molecule has 3 N–H and O–H groups in total. The highest BCUT2D eigenvalue weighted by atomic mass is 35.5. The van der Waals surface area contributed by atoms with Crippen molar-refractivity contribution < 1.29 is 14.7 Å². The van der Waals surface area contributed by atoms with Crippen molar-refractivity contribution in [2.45, 2.75) is 32.8 Å². The van der Waals surface area contributed by atoms with Crippen LogP contribution in [-0.4, -0.2) is 29.6 Å². The molecule has 6 heteroatoms. The molecule has 0 aliphatic rings. The fraction of sp³-hybridized carbons (Fsp3) is 0.429. The second kappa shape index (κ2) is 7.87. The summed E-state index contributed by atoms with van der Waals surface area (Å²) in [7, 11) is 0. The van der Waals surface area contributed by atoms with Crippen LogP contribution in [0.2, 0.25) is 5.02 Å². The summed E-state index contributed by atoms with van der Waals surface area (Å²) < 4.78 is 0. The highest BCUT2D eigenvalue weighted by molar-refractivity contribution is 6.40. The summed E-state index contributed by atoms with van der Waals surface area (Å²) in [4.78, 5) is 23.3. The maximum atomic E-state index is 11.7. The SMILES string of the molecule is CCC(O)CCNC(=O)C(=O)Nc1cccc(Cl)c1C. The minimum absolute atomic E-state index is 0.260. The predicted octanol–water partition coefficient (Wildman–Crippen LogP) is 1.86. The molecule has 1 rings (SSSR count). The van der Waals surface area contributed by atoms with Crippen molar-refractivity contribution in [3.63, 3.8) is 0 Å². The Balaban J connectivity index is 2.50. The van der Waals surface area contributed by atoms with E-state index in [0.29, 0.717) is 29.1 Å². The number of amides is 2. The topological polar surface area (TPSA) is 78.4 Å². The van der Waals surface area contributed by atoms with Crippen LogP contribution in [0.3, 0.4) is 0 Å². The molecule has 0 saturated carbocycles. The van der Waals surface area contributed by atoms with Crippen molar-refractivity contribution in [3.05, 3.63) is 28.8 Å². The van der Waals surface area contributed by atoms with Gasteiger partial charge in [0, 0.05) is 17.3 Å². The molecule has 0 aromatic heterocycles. The van der Waals surface area contributed by atoms with Gasteiger partial charge in [0.15, 0.2) is 0 Å². The molecule has 1 aromatic carbocycles. The van der Waals surface area contributed by atoms with Gasteiger partial charge in [0.05, 0.1) is 6.10 Å².